The molecule has 4 rings (SSSR count). The third-order valence-corrected chi connectivity index (χ3v) is 7.88. The number of anilines is 1. The lowest BCUT2D eigenvalue weighted by Gasteiger charge is -2.36. The van der Waals surface area contributed by atoms with E-state index < -0.39 is 16.9 Å². The number of nitrogens with zero attached hydrogens (tertiary/aromatic N) is 3. The van der Waals surface area contributed by atoms with E-state index in [0.29, 0.717) is 25.1 Å². The standard InChI is InChI=1S/C25H32N4O4S/c1-33-19-18-27-14-16-28(17-15-27)23-6-2-20(3-7-23)21-4-8-24(9-5-21)34(32)29-12-10-22(11-13-29)25(30)26-31/h2-10,31H,11-19H2,1H3,(H,26,30). The summed E-state index contributed by atoms with van der Waals surface area (Å²) in [5.41, 5.74) is 5.61. The predicted molar refractivity (Wildman–Crippen MR) is 133 cm³/mol. The van der Waals surface area contributed by atoms with Gasteiger partial charge in [-0.2, -0.15) is 0 Å². The number of hydrogen-bond acceptors (Lipinski definition) is 6. The smallest absolute Gasteiger partial charge is 0.270 e. The quantitative estimate of drug-likeness (QED) is 0.442. The van der Waals surface area contributed by atoms with E-state index in [0.717, 1.165) is 55.4 Å². The van der Waals surface area contributed by atoms with Gasteiger partial charge in [-0.1, -0.05) is 30.3 Å². The first-order valence-corrected chi connectivity index (χ1v) is 12.7. The molecule has 1 unspecified atom stereocenters. The topological polar surface area (TPSA) is 85.4 Å². The first-order chi connectivity index (χ1) is 16.6. The van der Waals surface area contributed by atoms with Gasteiger partial charge in [0.2, 0.25) is 0 Å². The van der Waals surface area contributed by atoms with Crippen molar-refractivity contribution in [2.24, 2.45) is 0 Å². The number of nitrogens with one attached hydrogen (secondary N) is 1. The Morgan fingerprint density at radius 1 is 1.00 bits per heavy atom. The first-order valence-electron chi connectivity index (χ1n) is 11.6. The fourth-order valence-corrected chi connectivity index (χ4v) is 5.44. The molecule has 34 heavy (non-hydrogen) atoms. The summed E-state index contributed by atoms with van der Waals surface area (Å²) in [6, 6.07) is 16.4. The molecule has 2 N–H and O–H groups in total. The van der Waals surface area contributed by atoms with E-state index in [2.05, 4.69) is 34.1 Å². The molecule has 0 bridgehead atoms. The zero-order chi connectivity index (χ0) is 23.9. The van der Waals surface area contributed by atoms with Gasteiger partial charge in [-0.25, -0.2) is 14.0 Å². The van der Waals surface area contributed by atoms with Crippen LogP contribution in [0, 0.1) is 0 Å². The highest BCUT2D eigenvalue weighted by atomic mass is 32.2. The molecule has 182 valence electrons. The summed E-state index contributed by atoms with van der Waals surface area (Å²) >= 11 is 0. The number of carbonyl (C=O) groups excluding carboxylic acids is 1. The number of amides is 1. The molecule has 8 nitrogen and oxygen atoms in total. The predicted octanol–water partition coefficient (Wildman–Crippen LogP) is 2.28. The summed E-state index contributed by atoms with van der Waals surface area (Å²) < 4.78 is 19.9. The number of hydroxylamine groups is 1. The fourth-order valence-electron chi connectivity index (χ4n) is 4.31. The van der Waals surface area contributed by atoms with Gasteiger partial charge in [-0.05, 0) is 41.8 Å². The van der Waals surface area contributed by atoms with Crippen LogP contribution < -0.4 is 10.4 Å². The van der Waals surface area contributed by atoms with Crippen LogP contribution in [0.5, 0.6) is 0 Å². The molecule has 2 aromatic rings. The van der Waals surface area contributed by atoms with Crippen LogP contribution in [-0.2, 0) is 20.5 Å². The molecule has 9 heteroatoms. The van der Waals surface area contributed by atoms with Crippen molar-refractivity contribution in [2.75, 3.05) is 64.4 Å². The molecule has 0 saturated carbocycles. The summed E-state index contributed by atoms with van der Waals surface area (Å²) in [6.07, 6.45) is 2.16. The van der Waals surface area contributed by atoms with Gasteiger partial charge >= 0.3 is 0 Å². The molecular formula is C25H32N4O4S. The van der Waals surface area contributed by atoms with E-state index in [-0.39, 0.29) is 0 Å². The molecular weight excluding hydrogens is 452 g/mol. The zero-order valence-corrected chi connectivity index (χ0v) is 20.3. The van der Waals surface area contributed by atoms with Crippen LogP contribution in [0.3, 0.4) is 0 Å². The monoisotopic (exact) mass is 484 g/mol. The Labute approximate surface area is 203 Å². The minimum absolute atomic E-state index is 0.402. The molecule has 2 aromatic carbocycles. The second kappa shape index (κ2) is 11.7. The minimum Gasteiger partial charge on any atom is -0.383 e. The molecule has 2 heterocycles. The number of benzene rings is 2. The summed E-state index contributed by atoms with van der Waals surface area (Å²) in [6.45, 7) is 6.79. The molecule has 1 atom stereocenters. The van der Waals surface area contributed by atoms with Crippen LogP contribution in [0.2, 0.25) is 0 Å². The fraction of sp³-hybridized carbons (Fsp3) is 0.400. The van der Waals surface area contributed by atoms with Gasteiger partial charge < -0.3 is 9.64 Å². The van der Waals surface area contributed by atoms with Crippen molar-refractivity contribution in [2.45, 2.75) is 11.3 Å². The van der Waals surface area contributed by atoms with Crippen molar-refractivity contribution in [3.8, 4) is 11.1 Å². The van der Waals surface area contributed by atoms with Gasteiger partial charge in [0.05, 0.1) is 11.5 Å². The lowest BCUT2D eigenvalue weighted by Crippen LogP contribution is -2.47. The Kier molecular flexibility index (Phi) is 8.47. The minimum atomic E-state index is -1.30. The van der Waals surface area contributed by atoms with Crippen LogP contribution in [0.4, 0.5) is 5.69 Å². The first kappa shape index (κ1) is 24.6. The maximum atomic E-state index is 12.9. The highest BCUT2D eigenvalue weighted by Crippen LogP contribution is 2.26. The summed E-state index contributed by atoms with van der Waals surface area (Å²) in [4.78, 5) is 17.1. The van der Waals surface area contributed by atoms with E-state index >= 15 is 0 Å². The Bertz CT molecular complexity index is 1020. The lowest BCUT2D eigenvalue weighted by molar-refractivity contribution is -0.125. The van der Waals surface area contributed by atoms with Crippen LogP contribution >= 0.6 is 0 Å². The third kappa shape index (κ3) is 5.92. The lowest BCUT2D eigenvalue weighted by atomic mass is 10.1. The van der Waals surface area contributed by atoms with Crippen molar-refractivity contribution < 1.29 is 18.9 Å². The summed E-state index contributed by atoms with van der Waals surface area (Å²) in [5, 5.41) is 8.76. The molecule has 1 fully saturated rings. The van der Waals surface area contributed by atoms with Gasteiger partial charge in [0.15, 0.2) is 0 Å². The van der Waals surface area contributed by atoms with Crippen LogP contribution in [0.25, 0.3) is 11.1 Å². The Morgan fingerprint density at radius 3 is 2.21 bits per heavy atom. The summed E-state index contributed by atoms with van der Waals surface area (Å²) in [7, 11) is 0.444. The maximum Gasteiger partial charge on any atom is 0.270 e. The SMILES string of the molecule is COCCN1CCN(c2ccc(-c3ccc(S(=O)N4CC=C(C(=O)NO)CC4)cc3)cc2)CC1. The van der Waals surface area contributed by atoms with Crippen molar-refractivity contribution in [3.63, 3.8) is 0 Å². The number of hydrogen-bond donors (Lipinski definition) is 2. The van der Waals surface area contributed by atoms with Crippen LogP contribution in [-0.4, -0.2) is 84.1 Å². The van der Waals surface area contributed by atoms with Crippen molar-refractivity contribution in [3.05, 3.63) is 60.2 Å². The number of ether oxygens (including phenoxy) is 1. The average Bonchev–Trinajstić information content (AvgIpc) is 2.91. The van der Waals surface area contributed by atoms with E-state index in [4.69, 9.17) is 9.94 Å². The second-order valence-electron chi connectivity index (χ2n) is 8.45. The highest BCUT2D eigenvalue weighted by Gasteiger charge is 2.21. The van der Waals surface area contributed by atoms with Crippen LogP contribution in [0.15, 0.2) is 65.1 Å². The van der Waals surface area contributed by atoms with Crippen molar-refractivity contribution >= 4 is 22.6 Å². The maximum absolute atomic E-state index is 12.9. The van der Waals surface area contributed by atoms with Gasteiger partial charge in [0, 0.05) is 64.2 Å². The van der Waals surface area contributed by atoms with Gasteiger partial charge in [-0.15, -0.1) is 0 Å². The molecule has 0 radical (unpaired) electrons. The number of methoxy groups -OCH3 is 1. The average molecular weight is 485 g/mol. The Balaban J connectivity index is 1.34. The molecule has 2 aliphatic heterocycles. The number of piperazine rings is 1. The van der Waals surface area contributed by atoms with Crippen molar-refractivity contribution in [1.29, 1.82) is 0 Å². The normalized spacial score (nSPS) is 18.4. The van der Waals surface area contributed by atoms with Gasteiger partial charge in [-0.3, -0.25) is 14.9 Å². The molecule has 1 amide bonds. The molecule has 0 aliphatic carbocycles. The highest BCUT2D eigenvalue weighted by molar-refractivity contribution is 7.82. The van der Waals surface area contributed by atoms with E-state index in [1.165, 1.54) is 5.69 Å². The zero-order valence-electron chi connectivity index (χ0n) is 19.5. The van der Waals surface area contributed by atoms with E-state index in [1.54, 1.807) is 18.7 Å². The van der Waals surface area contributed by atoms with E-state index in [1.807, 2.05) is 28.6 Å². The number of rotatable bonds is 8. The third-order valence-electron chi connectivity index (χ3n) is 6.41. The van der Waals surface area contributed by atoms with E-state index in [9.17, 15) is 9.00 Å². The van der Waals surface area contributed by atoms with Crippen molar-refractivity contribution in [1.82, 2.24) is 14.7 Å². The van der Waals surface area contributed by atoms with Crippen LogP contribution in [0.1, 0.15) is 6.42 Å². The van der Waals surface area contributed by atoms with Gasteiger partial charge in [0.25, 0.3) is 5.91 Å². The second-order valence-corrected chi connectivity index (χ2v) is 9.94. The Hall–Kier alpha value is -2.56. The number of carbonyl (C=O) groups is 1. The van der Waals surface area contributed by atoms with Gasteiger partial charge in [0.1, 0.15) is 11.0 Å². The molecule has 1 saturated heterocycles. The Morgan fingerprint density at radius 2 is 1.65 bits per heavy atom. The molecule has 2 aliphatic rings. The summed E-state index contributed by atoms with van der Waals surface area (Å²) in [5.74, 6) is -0.495. The largest absolute Gasteiger partial charge is 0.383 e. The molecule has 0 spiro atoms. The molecule has 0 aromatic heterocycles.